The van der Waals surface area contributed by atoms with E-state index in [4.69, 9.17) is 4.74 Å². The molecule has 20 heavy (non-hydrogen) atoms. The van der Waals surface area contributed by atoms with Gasteiger partial charge in [-0.25, -0.2) is 0 Å². The van der Waals surface area contributed by atoms with E-state index in [1.807, 2.05) is 29.2 Å². The van der Waals surface area contributed by atoms with Crippen LogP contribution in [-0.2, 0) is 0 Å². The number of carbonyl (C=O) groups is 1. The van der Waals surface area contributed by atoms with Crippen LogP contribution in [0.25, 0.3) is 0 Å². The topological polar surface area (TPSA) is 41.6 Å². The summed E-state index contributed by atoms with van der Waals surface area (Å²) in [5, 5.41) is 3.30. The average Bonchev–Trinajstić information content (AvgIpc) is 2.43. The largest absolute Gasteiger partial charge is 0.490 e. The Bertz CT molecular complexity index is 468. The van der Waals surface area contributed by atoms with Crippen molar-refractivity contribution in [2.24, 2.45) is 0 Å². The number of amides is 1. The van der Waals surface area contributed by atoms with Gasteiger partial charge in [0.15, 0.2) is 0 Å². The van der Waals surface area contributed by atoms with Crippen molar-refractivity contribution in [3.8, 4) is 5.75 Å². The second kappa shape index (κ2) is 5.83. The molecule has 0 unspecified atom stereocenters. The molecule has 1 heterocycles. The van der Waals surface area contributed by atoms with Gasteiger partial charge < -0.3 is 15.0 Å². The number of benzene rings is 1. The highest BCUT2D eigenvalue weighted by Gasteiger charge is 2.24. The van der Waals surface area contributed by atoms with Crippen molar-refractivity contribution < 1.29 is 9.53 Å². The molecule has 1 atom stereocenters. The van der Waals surface area contributed by atoms with E-state index in [1.165, 1.54) is 6.42 Å². The van der Waals surface area contributed by atoms with E-state index in [0.29, 0.717) is 6.10 Å². The molecule has 2 fully saturated rings. The van der Waals surface area contributed by atoms with Gasteiger partial charge in [0.2, 0.25) is 0 Å². The predicted octanol–water partition coefficient (Wildman–Crippen LogP) is 2.05. The Morgan fingerprint density at radius 2 is 2.05 bits per heavy atom. The van der Waals surface area contributed by atoms with Crippen LogP contribution in [0.5, 0.6) is 5.75 Å². The quantitative estimate of drug-likeness (QED) is 0.917. The Hall–Kier alpha value is -1.55. The molecule has 4 nitrogen and oxygen atoms in total. The van der Waals surface area contributed by atoms with Crippen LogP contribution < -0.4 is 10.1 Å². The maximum absolute atomic E-state index is 12.5. The van der Waals surface area contributed by atoms with Crippen LogP contribution in [-0.4, -0.2) is 42.6 Å². The molecule has 1 saturated carbocycles. The van der Waals surface area contributed by atoms with Crippen LogP contribution in [0.4, 0.5) is 0 Å². The van der Waals surface area contributed by atoms with Gasteiger partial charge in [0.05, 0.1) is 6.10 Å². The number of nitrogens with zero attached hydrogens (tertiary/aromatic N) is 1. The monoisotopic (exact) mass is 274 g/mol. The smallest absolute Gasteiger partial charge is 0.254 e. The molecule has 0 spiro atoms. The number of rotatable bonds is 3. The van der Waals surface area contributed by atoms with E-state index in [-0.39, 0.29) is 11.9 Å². The molecule has 1 saturated heterocycles. The minimum Gasteiger partial charge on any atom is -0.490 e. The number of hydrogen-bond acceptors (Lipinski definition) is 3. The summed E-state index contributed by atoms with van der Waals surface area (Å²) in [5.41, 5.74) is 0.750. The summed E-state index contributed by atoms with van der Waals surface area (Å²) in [7, 11) is 0. The Morgan fingerprint density at radius 3 is 2.65 bits per heavy atom. The van der Waals surface area contributed by atoms with Gasteiger partial charge >= 0.3 is 0 Å². The summed E-state index contributed by atoms with van der Waals surface area (Å²) >= 11 is 0. The zero-order valence-electron chi connectivity index (χ0n) is 12.0. The van der Waals surface area contributed by atoms with Crippen molar-refractivity contribution in [2.45, 2.75) is 38.3 Å². The maximum Gasteiger partial charge on any atom is 0.254 e. The molecule has 3 rings (SSSR count). The van der Waals surface area contributed by atoms with E-state index in [9.17, 15) is 4.79 Å². The summed E-state index contributed by atoms with van der Waals surface area (Å²) in [6, 6.07) is 7.84. The van der Waals surface area contributed by atoms with E-state index < -0.39 is 0 Å². The third-order valence-corrected chi connectivity index (χ3v) is 4.22. The first-order chi connectivity index (χ1) is 9.74. The normalized spacial score (nSPS) is 23.2. The van der Waals surface area contributed by atoms with E-state index in [1.54, 1.807) is 0 Å². The standard InChI is InChI=1S/C16H22N2O2/c1-12-11-17-9-10-18(12)16(19)13-5-7-15(8-6-13)20-14-3-2-4-14/h5-8,12,14,17H,2-4,9-11H2,1H3/t12-/m1/s1. The summed E-state index contributed by atoms with van der Waals surface area (Å²) < 4.78 is 5.82. The molecule has 1 amide bonds. The van der Waals surface area contributed by atoms with Gasteiger partial charge in [-0.3, -0.25) is 4.79 Å². The van der Waals surface area contributed by atoms with Gasteiger partial charge in [0, 0.05) is 31.2 Å². The van der Waals surface area contributed by atoms with Crippen LogP contribution in [0.2, 0.25) is 0 Å². The van der Waals surface area contributed by atoms with Crippen LogP contribution in [0.1, 0.15) is 36.5 Å². The fourth-order valence-corrected chi connectivity index (χ4v) is 2.67. The Balaban J connectivity index is 1.65. The van der Waals surface area contributed by atoms with Crippen molar-refractivity contribution in [1.29, 1.82) is 0 Å². The fourth-order valence-electron chi connectivity index (χ4n) is 2.67. The third-order valence-electron chi connectivity index (χ3n) is 4.22. The average molecular weight is 274 g/mol. The van der Waals surface area contributed by atoms with Gasteiger partial charge in [-0.1, -0.05) is 0 Å². The number of ether oxygens (including phenoxy) is 1. The SMILES string of the molecule is C[C@@H]1CNCCN1C(=O)c1ccc(OC2CCC2)cc1. The first kappa shape index (κ1) is 13.4. The van der Waals surface area contributed by atoms with Gasteiger partial charge in [-0.15, -0.1) is 0 Å². The summed E-state index contributed by atoms with van der Waals surface area (Å²) in [6.07, 6.45) is 3.95. The number of piperazine rings is 1. The molecule has 2 aliphatic rings. The van der Waals surface area contributed by atoms with Crippen molar-refractivity contribution in [2.75, 3.05) is 19.6 Å². The molecule has 108 valence electrons. The summed E-state index contributed by atoms with van der Waals surface area (Å²) in [4.78, 5) is 14.4. The maximum atomic E-state index is 12.5. The molecule has 1 aliphatic carbocycles. The van der Waals surface area contributed by atoms with E-state index in [0.717, 1.165) is 43.8 Å². The lowest BCUT2D eigenvalue weighted by atomic mass is 9.96. The molecule has 1 aliphatic heterocycles. The highest BCUT2D eigenvalue weighted by atomic mass is 16.5. The number of nitrogens with one attached hydrogen (secondary N) is 1. The molecule has 4 heteroatoms. The van der Waals surface area contributed by atoms with Crippen LogP contribution >= 0.6 is 0 Å². The molecule has 1 aromatic carbocycles. The first-order valence-corrected chi connectivity index (χ1v) is 7.52. The van der Waals surface area contributed by atoms with Crippen LogP contribution in [0, 0.1) is 0 Å². The zero-order chi connectivity index (χ0) is 13.9. The van der Waals surface area contributed by atoms with Gasteiger partial charge in [0.25, 0.3) is 5.91 Å². The van der Waals surface area contributed by atoms with Crippen molar-refractivity contribution in [3.05, 3.63) is 29.8 Å². The molecule has 1 aromatic rings. The molecular formula is C16H22N2O2. The lowest BCUT2D eigenvalue weighted by molar-refractivity contribution is 0.0655. The lowest BCUT2D eigenvalue weighted by Crippen LogP contribution is -2.52. The van der Waals surface area contributed by atoms with Crippen LogP contribution in [0.15, 0.2) is 24.3 Å². The van der Waals surface area contributed by atoms with E-state index in [2.05, 4.69) is 12.2 Å². The molecule has 0 aromatic heterocycles. The van der Waals surface area contributed by atoms with Gasteiger partial charge in [0.1, 0.15) is 5.75 Å². The summed E-state index contributed by atoms with van der Waals surface area (Å²) in [6.45, 7) is 4.60. The second-order valence-electron chi connectivity index (χ2n) is 5.75. The van der Waals surface area contributed by atoms with Crippen molar-refractivity contribution >= 4 is 5.91 Å². The van der Waals surface area contributed by atoms with Crippen molar-refractivity contribution in [3.63, 3.8) is 0 Å². The Labute approximate surface area is 120 Å². The zero-order valence-corrected chi connectivity index (χ0v) is 12.0. The highest BCUT2D eigenvalue weighted by molar-refractivity contribution is 5.94. The first-order valence-electron chi connectivity index (χ1n) is 7.52. The molecule has 0 bridgehead atoms. The molecular weight excluding hydrogens is 252 g/mol. The fraction of sp³-hybridized carbons (Fsp3) is 0.562. The van der Waals surface area contributed by atoms with Crippen LogP contribution in [0.3, 0.4) is 0 Å². The summed E-state index contributed by atoms with van der Waals surface area (Å²) in [5.74, 6) is 0.994. The number of carbonyl (C=O) groups excluding carboxylic acids is 1. The molecule has 0 radical (unpaired) electrons. The number of hydrogen-bond donors (Lipinski definition) is 1. The minimum absolute atomic E-state index is 0.120. The molecule has 1 N–H and O–H groups in total. The highest BCUT2D eigenvalue weighted by Crippen LogP contribution is 2.25. The lowest BCUT2D eigenvalue weighted by Gasteiger charge is -2.34. The van der Waals surface area contributed by atoms with Gasteiger partial charge in [-0.05, 0) is 50.5 Å². The van der Waals surface area contributed by atoms with E-state index >= 15 is 0 Å². The third kappa shape index (κ3) is 2.80. The predicted molar refractivity (Wildman–Crippen MR) is 78.1 cm³/mol. The minimum atomic E-state index is 0.120. The van der Waals surface area contributed by atoms with Gasteiger partial charge in [-0.2, -0.15) is 0 Å². The Morgan fingerprint density at radius 1 is 1.30 bits per heavy atom. The van der Waals surface area contributed by atoms with Crippen molar-refractivity contribution in [1.82, 2.24) is 10.2 Å². The Kier molecular flexibility index (Phi) is 3.92. The second-order valence-corrected chi connectivity index (χ2v) is 5.75.